The molecule has 1 aromatic carbocycles. The lowest BCUT2D eigenvalue weighted by atomic mass is 10.0. The van der Waals surface area contributed by atoms with Crippen LogP contribution in [0.1, 0.15) is 30.0 Å². The first-order valence-corrected chi connectivity index (χ1v) is 7.10. The summed E-state index contributed by atoms with van der Waals surface area (Å²) < 4.78 is 11.8. The van der Waals surface area contributed by atoms with E-state index in [1.165, 1.54) is 0 Å². The molecule has 0 aliphatic carbocycles. The molecular formula is C15H18BrNO2. The summed E-state index contributed by atoms with van der Waals surface area (Å²) in [7, 11) is 1.65. The van der Waals surface area contributed by atoms with Crippen LogP contribution in [0.2, 0.25) is 0 Å². The number of aryl methyl sites for hydroxylation is 1. The van der Waals surface area contributed by atoms with Crippen LogP contribution in [0, 0.1) is 0 Å². The molecule has 3 nitrogen and oxygen atoms in total. The van der Waals surface area contributed by atoms with Crippen molar-refractivity contribution in [1.29, 1.82) is 0 Å². The maximum Gasteiger partial charge on any atom is 0.133 e. The Morgan fingerprint density at radius 2 is 2.11 bits per heavy atom. The van der Waals surface area contributed by atoms with Crippen molar-refractivity contribution in [3.63, 3.8) is 0 Å². The van der Waals surface area contributed by atoms with E-state index in [0.717, 1.165) is 40.1 Å². The molecular weight excluding hydrogens is 306 g/mol. The smallest absolute Gasteiger partial charge is 0.133 e. The van der Waals surface area contributed by atoms with E-state index >= 15 is 0 Å². The first-order chi connectivity index (χ1) is 9.13. The van der Waals surface area contributed by atoms with E-state index in [4.69, 9.17) is 14.9 Å². The van der Waals surface area contributed by atoms with Crippen LogP contribution in [0.3, 0.4) is 0 Å². The molecule has 1 heterocycles. The normalized spacial score (nSPS) is 12.4. The summed E-state index contributed by atoms with van der Waals surface area (Å²) in [6, 6.07) is 9.81. The average molecular weight is 324 g/mol. The van der Waals surface area contributed by atoms with Gasteiger partial charge in [0, 0.05) is 6.42 Å². The molecule has 0 radical (unpaired) electrons. The number of methoxy groups -OCH3 is 1. The molecule has 0 aliphatic rings. The second-order valence-electron chi connectivity index (χ2n) is 4.44. The molecule has 1 aromatic heterocycles. The largest absolute Gasteiger partial charge is 0.496 e. The zero-order valence-corrected chi connectivity index (χ0v) is 12.7. The molecule has 0 fully saturated rings. The van der Waals surface area contributed by atoms with Gasteiger partial charge in [0.15, 0.2) is 0 Å². The number of benzene rings is 1. The number of furan rings is 1. The summed E-state index contributed by atoms with van der Waals surface area (Å²) in [6.07, 6.45) is 1.63. The van der Waals surface area contributed by atoms with Gasteiger partial charge in [-0.3, -0.25) is 0 Å². The van der Waals surface area contributed by atoms with E-state index in [2.05, 4.69) is 22.9 Å². The van der Waals surface area contributed by atoms with Crippen molar-refractivity contribution >= 4 is 15.9 Å². The van der Waals surface area contributed by atoms with Crippen molar-refractivity contribution in [2.75, 3.05) is 7.11 Å². The van der Waals surface area contributed by atoms with Gasteiger partial charge in [-0.05, 0) is 52.2 Å². The molecule has 0 spiro atoms. The lowest BCUT2D eigenvalue weighted by Gasteiger charge is -2.10. The zero-order chi connectivity index (χ0) is 13.8. The molecule has 0 saturated heterocycles. The van der Waals surface area contributed by atoms with Crippen molar-refractivity contribution in [1.82, 2.24) is 0 Å². The van der Waals surface area contributed by atoms with Gasteiger partial charge >= 0.3 is 0 Å². The summed E-state index contributed by atoms with van der Waals surface area (Å²) in [5.74, 6) is 2.63. The molecule has 0 amide bonds. The highest BCUT2D eigenvalue weighted by molar-refractivity contribution is 9.10. The minimum Gasteiger partial charge on any atom is -0.496 e. The predicted octanol–water partition coefficient (Wildman–Crippen LogP) is 3.86. The van der Waals surface area contributed by atoms with Gasteiger partial charge in [0.25, 0.3) is 0 Å². The Hall–Kier alpha value is -1.26. The van der Waals surface area contributed by atoms with Crippen LogP contribution < -0.4 is 10.5 Å². The molecule has 4 heteroatoms. The number of halogens is 1. The Labute approximate surface area is 121 Å². The Balaban J connectivity index is 2.10. The first-order valence-electron chi connectivity index (χ1n) is 6.30. The Bertz CT molecular complexity index is 551. The number of nitrogens with two attached hydrogens (primary N) is 1. The molecule has 0 saturated carbocycles. The van der Waals surface area contributed by atoms with E-state index in [1.807, 2.05) is 30.3 Å². The van der Waals surface area contributed by atoms with Crippen molar-refractivity contribution in [3.05, 3.63) is 51.9 Å². The molecule has 102 valence electrons. The van der Waals surface area contributed by atoms with Gasteiger partial charge in [-0.1, -0.05) is 13.0 Å². The van der Waals surface area contributed by atoms with Gasteiger partial charge in [0.2, 0.25) is 0 Å². The number of rotatable bonds is 5. The highest BCUT2D eigenvalue weighted by Gasteiger charge is 2.12. The minimum absolute atomic E-state index is 0.124. The van der Waals surface area contributed by atoms with E-state index in [1.54, 1.807) is 7.11 Å². The first kappa shape index (κ1) is 14.2. The molecule has 0 bridgehead atoms. The van der Waals surface area contributed by atoms with Crippen LogP contribution in [-0.2, 0) is 12.8 Å². The molecule has 2 N–H and O–H groups in total. The number of hydrogen-bond acceptors (Lipinski definition) is 3. The number of ether oxygens (including phenoxy) is 1. The van der Waals surface area contributed by atoms with E-state index in [9.17, 15) is 0 Å². The van der Waals surface area contributed by atoms with Crippen LogP contribution >= 0.6 is 15.9 Å². The summed E-state index contributed by atoms with van der Waals surface area (Å²) >= 11 is 3.48. The van der Waals surface area contributed by atoms with Gasteiger partial charge in [-0.25, -0.2) is 0 Å². The van der Waals surface area contributed by atoms with Gasteiger partial charge < -0.3 is 14.9 Å². The van der Waals surface area contributed by atoms with Gasteiger partial charge in [0.05, 0.1) is 17.6 Å². The van der Waals surface area contributed by atoms with Crippen LogP contribution in [0.15, 0.2) is 39.2 Å². The lowest BCUT2D eigenvalue weighted by Crippen LogP contribution is -2.12. The maximum atomic E-state index is 6.18. The van der Waals surface area contributed by atoms with E-state index in [0.29, 0.717) is 0 Å². The Kier molecular flexibility index (Phi) is 4.66. The molecule has 2 rings (SSSR count). The van der Waals surface area contributed by atoms with Crippen molar-refractivity contribution < 1.29 is 9.15 Å². The average Bonchev–Trinajstić information content (AvgIpc) is 2.88. The van der Waals surface area contributed by atoms with Crippen molar-refractivity contribution in [3.8, 4) is 5.75 Å². The third kappa shape index (κ3) is 3.39. The number of hydrogen-bond donors (Lipinski definition) is 1. The van der Waals surface area contributed by atoms with Crippen molar-refractivity contribution in [2.24, 2.45) is 5.73 Å². The monoisotopic (exact) mass is 323 g/mol. The summed E-state index contributed by atoms with van der Waals surface area (Å²) in [6.45, 7) is 2.06. The minimum atomic E-state index is -0.124. The third-order valence-corrected chi connectivity index (χ3v) is 3.69. The maximum absolute atomic E-state index is 6.18. The van der Waals surface area contributed by atoms with Crippen LogP contribution in [0.5, 0.6) is 5.75 Å². The predicted molar refractivity (Wildman–Crippen MR) is 79.4 cm³/mol. The summed E-state index contributed by atoms with van der Waals surface area (Å²) in [5.41, 5.74) is 7.32. The molecule has 19 heavy (non-hydrogen) atoms. The highest BCUT2D eigenvalue weighted by atomic mass is 79.9. The third-order valence-electron chi connectivity index (χ3n) is 3.07. The fourth-order valence-electron chi connectivity index (χ4n) is 1.98. The molecule has 1 atom stereocenters. The molecule has 2 aromatic rings. The second kappa shape index (κ2) is 6.26. The summed E-state index contributed by atoms with van der Waals surface area (Å²) in [4.78, 5) is 0. The van der Waals surface area contributed by atoms with Gasteiger partial charge in [-0.15, -0.1) is 0 Å². The zero-order valence-electron chi connectivity index (χ0n) is 11.2. The SMILES string of the molecule is CCc1ccc(C(N)Cc2ccc(OC)c(Br)c2)o1. The summed E-state index contributed by atoms with van der Waals surface area (Å²) in [5, 5.41) is 0. The fourth-order valence-corrected chi connectivity index (χ4v) is 2.56. The second-order valence-corrected chi connectivity index (χ2v) is 5.29. The van der Waals surface area contributed by atoms with Gasteiger partial charge in [-0.2, -0.15) is 0 Å². The quantitative estimate of drug-likeness (QED) is 0.909. The van der Waals surface area contributed by atoms with Crippen LogP contribution in [-0.4, -0.2) is 7.11 Å². The fraction of sp³-hybridized carbons (Fsp3) is 0.333. The molecule has 1 unspecified atom stereocenters. The van der Waals surface area contributed by atoms with Crippen molar-refractivity contribution in [2.45, 2.75) is 25.8 Å². The standard InChI is InChI=1S/C15H18BrNO2/c1-3-11-5-7-15(19-11)13(17)9-10-4-6-14(18-2)12(16)8-10/h4-8,13H,3,9,17H2,1-2H3. The van der Waals surface area contributed by atoms with E-state index < -0.39 is 0 Å². The topological polar surface area (TPSA) is 48.4 Å². The van der Waals surface area contributed by atoms with Crippen LogP contribution in [0.25, 0.3) is 0 Å². The van der Waals surface area contributed by atoms with Gasteiger partial charge in [0.1, 0.15) is 17.3 Å². The highest BCUT2D eigenvalue weighted by Crippen LogP contribution is 2.27. The molecule has 0 aliphatic heterocycles. The Morgan fingerprint density at radius 3 is 2.68 bits per heavy atom. The Morgan fingerprint density at radius 1 is 1.32 bits per heavy atom. The van der Waals surface area contributed by atoms with Crippen LogP contribution in [0.4, 0.5) is 0 Å². The van der Waals surface area contributed by atoms with E-state index in [-0.39, 0.29) is 6.04 Å². The lowest BCUT2D eigenvalue weighted by molar-refractivity contribution is 0.411.